The van der Waals surface area contributed by atoms with Crippen molar-refractivity contribution in [2.45, 2.75) is 65.2 Å². The van der Waals surface area contributed by atoms with Gasteiger partial charge in [-0.2, -0.15) is 0 Å². The van der Waals surface area contributed by atoms with Crippen molar-refractivity contribution in [2.75, 3.05) is 26.2 Å². The Labute approximate surface area is 134 Å². The van der Waals surface area contributed by atoms with Gasteiger partial charge in [-0.05, 0) is 51.4 Å². The van der Waals surface area contributed by atoms with Crippen molar-refractivity contribution in [1.29, 1.82) is 0 Å². The van der Waals surface area contributed by atoms with E-state index >= 15 is 0 Å². The summed E-state index contributed by atoms with van der Waals surface area (Å²) in [5.74, 6) is -1.99. The molecular weight excluding hydrogens is 284 g/mol. The summed E-state index contributed by atoms with van der Waals surface area (Å²) in [7, 11) is 0. The second kappa shape index (κ2) is 19.9. The minimum Gasteiger partial charge on any atom is -0.550 e. The zero-order chi connectivity index (χ0) is 17.1. The molecule has 2 fully saturated rings. The number of hydrogen-bond donors (Lipinski definition) is 2. The molecule has 0 radical (unpaired) electrons. The van der Waals surface area contributed by atoms with Crippen LogP contribution in [0.4, 0.5) is 0 Å². The number of hydrogen-bond acceptors (Lipinski definition) is 4. The smallest absolute Gasteiger partial charge is 0.0755 e. The highest BCUT2D eigenvalue weighted by Crippen LogP contribution is 1.91. The summed E-state index contributed by atoms with van der Waals surface area (Å²) in [4.78, 5) is 18.5. The zero-order valence-corrected chi connectivity index (χ0v) is 14.3. The molecule has 2 rings (SSSR count). The van der Waals surface area contributed by atoms with Crippen LogP contribution in [0.5, 0.6) is 0 Å². The van der Waals surface area contributed by atoms with Crippen LogP contribution in [-0.4, -0.2) is 38.1 Å². The second-order valence-corrected chi connectivity index (χ2v) is 5.30. The molecule has 0 unspecified atom stereocenters. The van der Waals surface area contributed by atoms with E-state index in [1.807, 2.05) is 0 Å². The van der Waals surface area contributed by atoms with E-state index in [0.29, 0.717) is 0 Å². The van der Waals surface area contributed by atoms with Crippen LogP contribution in [-0.2, 0) is 9.59 Å². The van der Waals surface area contributed by atoms with E-state index in [1.165, 1.54) is 78.6 Å². The molecule has 2 aliphatic rings. The molecule has 22 heavy (non-hydrogen) atoms. The van der Waals surface area contributed by atoms with Gasteiger partial charge in [0.05, 0.1) is 26.2 Å². The molecule has 0 saturated carbocycles. The Balaban J connectivity index is 0. The molecule has 2 saturated heterocycles. The minimum atomic E-state index is -0.995. The first-order valence-corrected chi connectivity index (χ1v) is 8.57. The predicted octanol–water partition coefficient (Wildman–Crippen LogP) is -2.24. The molecule has 6 heteroatoms. The number of aliphatic carboxylic acids is 2. The fourth-order valence-electron chi connectivity index (χ4n) is 1.80. The van der Waals surface area contributed by atoms with Crippen LogP contribution in [0.15, 0.2) is 0 Å². The fourth-order valence-corrected chi connectivity index (χ4v) is 1.80. The van der Waals surface area contributed by atoms with Gasteiger partial charge >= 0.3 is 0 Å². The van der Waals surface area contributed by atoms with Gasteiger partial charge in [0.2, 0.25) is 0 Å². The van der Waals surface area contributed by atoms with E-state index in [0.717, 1.165) is 0 Å². The van der Waals surface area contributed by atoms with Crippen LogP contribution >= 0.6 is 0 Å². The Morgan fingerprint density at radius 1 is 0.682 bits per heavy atom. The third-order valence-electron chi connectivity index (χ3n) is 3.21. The Morgan fingerprint density at radius 2 is 0.909 bits per heavy atom. The molecule has 2 aliphatic heterocycles. The van der Waals surface area contributed by atoms with E-state index in [-0.39, 0.29) is 12.8 Å². The lowest BCUT2D eigenvalue weighted by Crippen LogP contribution is -2.85. The molecule has 0 amide bonds. The van der Waals surface area contributed by atoms with E-state index in [9.17, 15) is 19.8 Å². The fraction of sp³-hybridized carbons (Fsp3) is 0.875. The average molecular weight is 318 g/mol. The summed E-state index contributed by atoms with van der Waals surface area (Å²) >= 11 is 0. The largest absolute Gasteiger partial charge is 0.550 e. The lowest BCUT2D eigenvalue weighted by Gasteiger charge is -2.05. The highest BCUT2D eigenvalue weighted by molar-refractivity contribution is 5.63. The van der Waals surface area contributed by atoms with Crippen LogP contribution in [0.2, 0.25) is 0 Å². The van der Waals surface area contributed by atoms with E-state index < -0.39 is 11.9 Å². The Morgan fingerprint density at radius 3 is 0.955 bits per heavy atom. The van der Waals surface area contributed by atoms with Crippen molar-refractivity contribution in [3.8, 4) is 0 Å². The standard InChI is InChI=1S/2C5H11N.2C3H6O2/c2*1-2-4-6-5-3-1;2*1-2-3(4)5/h2*6H,1-5H2;2*2H2,1H3,(H,4,5). The zero-order valence-electron chi connectivity index (χ0n) is 14.3. The van der Waals surface area contributed by atoms with Gasteiger partial charge in [0.15, 0.2) is 0 Å². The second-order valence-electron chi connectivity index (χ2n) is 5.30. The van der Waals surface area contributed by atoms with Gasteiger partial charge in [-0.1, -0.05) is 13.8 Å². The Hall–Kier alpha value is -1.14. The van der Waals surface area contributed by atoms with Crippen LogP contribution in [0.1, 0.15) is 65.2 Å². The lowest BCUT2D eigenvalue weighted by atomic mass is 10.2. The van der Waals surface area contributed by atoms with Gasteiger partial charge < -0.3 is 30.4 Å². The van der Waals surface area contributed by atoms with Crippen LogP contribution in [0.25, 0.3) is 0 Å². The van der Waals surface area contributed by atoms with Gasteiger partial charge in [0.25, 0.3) is 0 Å². The number of piperidine rings is 2. The molecular formula is C16H34N2O4. The van der Waals surface area contributed by atoms with Crippen LogP contribution in [0.3, 0.4) is 0 Å². The number of carboxylic acid groups (broad SMARTS) is 2. The van der Waals surface area contributed by atoms with Gasteiger partial charge in [-0.25, -0.2) is 0 Å². The van der Waals surface area contributed by atoms with E-state index in [1.54, 1.807) is 0 Å². The summed E-state index contributed by atoms with van der Waals surface area (Å²) in [6.07, 6.45) is 8.94. The number of carbonyl (C=O) groups excluding carboxylic acids is 2. The molecule has 0 bridgehead atoms. The topological polar surface area (TPSA) is 113 Å². The third kappa shape index (κ3) is 27.2. The van der Waals surface area contributed by atoms with Crippen LogP contribution < -0.4 is 20.8 Å². The van der Waals surface area contributed by atoms with Crippen molar-refractivity contribution in [2.24, 2.45) is 0 Å². The maximum Gasteiger partial charge on any atom is 0.0755 e. The van der Waals surface area contributed by atoms with Crippen molar-refractivity contribution < 1.29 is 30.4 Å². The molecule has 0 aromatic heterocycles. The van der Waals surface area contributed by atoms with Crippen molar-refractivity contribution in [3.05, 3.63) is 0 Å². The highest BCUT2D eigenvalue weighted by atomic mass is 16.4. The maximum absolute atomic E-state index is 9.26. The van der Waals surface area contributed by atoms with Crippen molar-refractivity contribution >= 4 is 11.9 Å². The summed E-state index contributed by atoms with van der Waals surface area (Å²) in [6.45, 7) is 8.57. The number of carbonyl (C=O) groups is 2. The predicted molar refractivity (Wildman–Crippen MR) is 81.6 cm³/mol. The summed E-state index contributed by atoms with van der Waals surface area (Å²) in [6, 6.07) is 0. The van der Waals surface area contributed by atoms with Crippen molar-refractivity contribution in [1.82, 2.24) is 0 Å². The molecule has 0 aromatic carbocycles. The van der Waals surface area contributed by atoms with Gasteiger partial charge in [-0.3, -0.25) is 0 Å². The number of carboxylic acids is 2. The Bertz CT molecular complexity index is 204. The first kappa shape index (κ1) is 23.1. The normalized spacial score (nSPS) is 16.5. The minimum absolute atomic E-state index is 0.111. The Kier molecular flexibility index (Phi) is 20.9. The lowest BCUT2D eigenvalue weighted by molar-refractivity contribution is -0.662. The van der Waals surface area contributed by atoms with Crippen molar-refractivity contribution in [3.63, 3.8) is 0 Å². The quantitative estimate of drug-likeness (QED) is 0.599. The third-order valence-corrected chi connectivity index (χ3v) is 3.21. The number of nitrogens with two attached hydrogens (primary N) is 2. The molecule has 0 atom stereocenters. The van der Waals surface area contributed by atoms with Gasteiger partial charge in [0, 0.05) is 11.9 Å². The monoisotopic (exact) mass is 318 g/mol. The highest BCUT2D eigenvalue weighted by Gasteiger charge is 1.98. The SMILES string of the molecule is C1CC[NH2+]CC1.C1CC[NH2+]CC1.CCC(=O)[O-].CCC(=O)[O-]. The summed E-state index contributed by atoms with van der Waals surface area (Å²) in [5.41, 5.74) is 0. The first-order valence-electron chi connectivity index (χ1n) is 8.57. The van der Waals surface area contributed by atoms with Crippen LogP contribution in [0, 0.1) is 0 Å². The van der Waals surface area contributed by atoms with E-state index in [2.05, 4.69) is 10.6 Å². The van der Waals surface area contributed by atoms with E-state index in [4.69, 9.17) is 0 Å². The molecule has 0 spiro atoms. The molecule has 132 valence electrons. The number of quaternary nitrogens is 2. The summed E-state index contributed by atoms with van der Waals surface area (Å²) < 4.78 is 0. The molecule has 0 aromatic rings. The molecule has 2 heterocycles. The first-order chi connectivity index (χ1) is 10.5. The maximum atomic E-state index is 9.26. The number of rotatable bonds is 2. The average Bonchev–Trinajstić information content (AvgIpc) is 2.59. The van der Waals surface area contributed by atoms with Gasteiger partial charge in [-0.15, -0.1) is 0 Å². The molecule has 4 N–H and O–H groups in total. The van der Waals surface area contributed by atoms with Gasteiger partial charge in [0.1, 0.15) is 0 Å². The summed E-state index contributed by atoms with van der Waals surface area (Å²) in [5, 5.41) is 23.3. The molecule has 6 nitrogen and oxygen atoms in total. The molecule has 0 aliphatic carbocycles.